The normalized spacial score (nSPS) is 21.7. The maximum absolute atomic E-state index is 15.3. The molecule has 4 aliphatic rings. The van der Waals surface area contributed by atoms with E-state index in [1.165, 1.54) is 15.0 Å². The van der Waals surface area contributed by atoms with Gasteiger partial charge in [0, 0.05) is 55.9 Å². The molecule has 6 aromatic rings. The highest BCUT2D eigenvalue weighted by molar-refractivity contribution is 6.00. The van der Waals surface area contributed by atoms with Crippen molar-refractivity contribution in [1.29, 1.82) is 0 Å². The Labute approximate surface area is 350 Å². The van der Waals surface area contributed by atoms with Crippen molar-refractivity contribution in [2.24, 2.45) is 5.92 Å². The number of carbonyl (C=O) groups excluding carboxylic acids is 2. The van der Waals surface area contributed by atoms with Gasteiger partial charge in [0.15, 0.2) is 5.82 Å². The number of H-pyrrole nitrogens is 1. The number of hydrogen-bond donors (Lipinski definition) is 1. The van der Waals surface area contributed by atoms with Crippen molar-refractivity contribution in [2.75, 3.05) is 37.7 Å². The monoisotopic (exact) mass is 826 g/mol. The minimum Gasteiger partial charge on any atom is -0.381 e. The summed E-state index contributed by atoms with van der Waals surface area (Å²) in [6, 6.07) is 20.2. The smallest absolute Gasteiger partial charge is 0.381 e. The number of aryl methyl sites for hydroxylation is 2. The Morgan fingerprint density at radius 3 is 2.38 bits per heavy atom. The van der Waals surface area contributed by atoms with Gasteiger partial charge >= 0.3 is 11.8 Å². The second kappa shape index (κ2) is 14.7. The van der Waals surface area contributed by atoms with E-state index in [0.29, 0.717) is 78.2 Å². The number of nitrogens with zero attached hydrogens (tertiary/aromatic N) is 7. The number of amides is 3. The molecule has 0 spiro atoms. The molecular formula is C46H47FN8O6. The average molecular weight is 827 g/mol. The van der Waals surface area contributed by atoms with Crippen LogP contribution in [0.4, 0.5) is 15.1 Å². The third-order valence-corrected chi connectivity index (χ3v) is 13.4. The van der Waals surface area contributed by atoms with Gasteiger partial charge < -0.3 is 19.1 Å². The molecule has 6 heterocycles. The number of halogens is 1. The predicted octanol–water partition coefficient (Wildman–Crippen LogP) is 6.50. The van der Waals surface area contributed by atoms with Crippen molar-refractivity contribution in [3.8, 4) is 5.69 Å². The minimum atomic E-state index is -0.831. The molecular weight excluding hydrogens is 780 g/mol. The molecule has 15 heteroatoms. The van der Waals surface area contributed by atoms with Gasteiger partial charge in [-0.3, -0.25) is 24.0 Å². The first kappa shape index (κ1) is 38.8. The van der Waals surface area contributed by atoms with Gasteiger partial charge in [0.1, 0.15) is 17.1 Å². The van der Waals surface area contributed by atoms with E-state index in [9.17, 15) is 18.8 Å². The molecule has 2 saturated heterocycles. The first-order valence-electron chi connectivity index (χ1n) is 21.1. The maximum Gasteiger partial charge on any atom is 0.438 e. The van der Waals surface area contributed by atoms with Gasteiger partial charge in [-0.15, -0.1) is 0 Å². The third-order valence-electron chi connectivity index (χ3n) is 13.4. The SMILES string of the molecule is Cc1cc(-n2c(N3CCN(Cc4ccccc4)C3=O)nc3c(c2=O)CCN(C(=O)c2cc4cc(C5CCOCC5)ccc4n2[C@@]2(c4noc(=O)[nH]4)C[C@@H]2C)[C@H]3C)cc(C)c1F. The molecule has 1 aliphatic carbocycles. The van der Waals surface area contributed by atoms with Crippen LogP contribution in [0.1, 0.15) is 94.9 Å². The summed E-state index contributed by atoms with van der Waals surface area (Å²) >= 11 is 0. The fraction of sp³-hybridized carbons (Fsp3) is 0.391. The number of aromatic amines is 1. The lowest BCUT2D eigenvalue weighted by Gasteiger charge is -2.36. The summed E-state index contributed by atoms with van der Waals surface area (Å²) in [5.74, 6) is -0.476. The highest BCUT2D eigenvalue weighted by Gasteiger charge is 2.59. The topological polar surface area (TPSA) is 152 Å². The number of nitrogens with one attached hydrogen (secondary N) is 1. The molecule has 3 fully saturated rings. The Kier molecular flexibility index (Phi) is 9.34. The van der Waals surface area contributed by atoms with Gasteiger partial charge in [-0.25, -0.2) is 23.5 Å². The van der Waals surface area contributed by atoms with Crippen LogP contribution in [-0.4, -0.2) is 78.8 Å². The first-order valence-corrected chi connectivity index (χ1v) is 21.1. The minimum absolute atomic E-state index is 0.0194. The number of benzene rings is 3. The van der Waals surface area contributed by atoms with E-state index in [0.717, 1.165) is 29.3 Å². The zero-order chi connectivity index (χ0) is 42.3. The number of rotatable bonds is 8. The highest BCUT2D eigenvalue weighted by Crippen LogP contribution is 2.56. The van der Waals surface area contributed by atoms with Gasteiger partial charge in [0.2, 0.25) is 5.95 Å². The standard InChI is InChI=1S/C46H47FN8O6/c1-26-20-34(21-27(2)38(26)47)54-40(56)35-12-15-52(29(4)39(35)48-43(54)53-17-16-51(45(53)59)25-30-8-6-5-7-9-30)41(57)37-23-33-22-32(31-13-18-60-19-14-31)10-11-36(33)55(37)46(24-28(46)3)42-49-44(58)61-50-42/h5-11,20-23,28-29,31H,12-19,24-25H2,1-4H3,(H,49,50,58)/t28-,29-,46-/m0/s1. The predicted molar refractivity (Wildman–Crippen MR) is 225 cm³/mol. The number of ether oxygens (including phenoxy) is 1. The van der Waals surface area contributed by atoms with Crippen LogP contribution < -0.4 is 16.2 Å². The fourth-order valence-corrected chi connectivity index (χ4v) is 10.0. The van der Waals surface area contributed by atoms with Gasteiger partial charge in [0.25, 0.3) is 11.5 Å². The fourth-order valence-electron chi connectivity index (χ4n) is 10.0. The van der Waals surface area contributed by atoms with Crippen LogP contribution in [0.3, 0.4) is 0 Å². The van der Waals surface area contributed by atoms with Crippen LogP contribution in [0, 0.1) is 25.6 Å². The second-order valence-corrected chi connectivity index (χ2v) is 17.1. The van der Waals surface area contributed by atoms with Gasteiger partial charge in [-0.05, 0) is 111 Å². The summed E-state index contributed by atoms with van der Waals surface area (Å²) in [5.41, 5.74) is 4.17. The van der Waals surface area contributed by atoms with Crippen LogP contribution in [0.25, 0.3) is 16.6 Å². The van der Waals surface area contributed by atoms with Gasteiger partial charge in [-0.2, -0.15) is 0 Å². The van der Waals surface area contributed by atoms with E-state index in [4.69, 9.17) is 14.2 Å². The summed E-state index contributed by atoms with van der Waals surface area (Å²) in [6.07, 6.45) is 2.65. The van der Waals surface area contributed by atoms with Crippen LogP contribution in [0.15, 0.2) is 80.8 Å². The quantitative estimate of drug-likeness (QED) is 0.183. The molecule has 3 amide bonds. The molecule has 3 atom stereocenters. The molecule has 3 aliphatic heterocycles. The summed E-state index contributed by atoms with van der Waals surface area (Å²) in [4.78, 5) is 69.6. The molecule has 1 saturated carbocycles. The molecule has 10 rings (SSSR count). The highest BCUT2D eigenvalue weighted by atomic mass is 19.1. The van der Waals surface area contributed by atoms with E-state index in [-0.39, 0.29) is 54.7 Å². The van der Waals surface area contributed by atoms with Gasteiger partial charge in [-0.1, -0.05) is 48.5 Å². The number of fused-ring (bicyclic) bond motifs is 2. The molecule has 1 N–H and O–H groups in total. The van der Waals surface area contributed by atoms with E-state index in [1.807, 2.05) is 47.9 Å². The number of anilines is 1. The number of carbonyl (C=O) groups is 2. The van der Waals surface area contributed by atoms with E-state index >= 15 is 4.79 Å². The molecule has 314 valence electrons. The zero-order valence-corrected chi connectivity index (χ0v) is 34.6. The second-order valence-electron chi connectivity index (χ2n) is 17.1. The number of hydrogen-bond acceptors (Lipinski definition) is 8. The lowest BCUT2D eigenvalue weighted by Crippen LogP contribution is -2.45. The summed E-state index contributed by atoms with van der Waals surface area (Å²) in [7, 11) is 0. The van der Waals surface area contributed by atoms with E-state index < -0.39 is 17.3 Å². The third kappa shape index (κ3) is 6.31. The molecule has 0 radical (unpaired) electrons. The van der Waals surface area contributed by atoms with E-state index in [1.54, 1.807) is 35.8 Å². The lowest BCUT2D eigenvalue weighted by molar-refractivity contribution is 0.0658. The summed E-state index contributed by atoms with van der Waals surface area (Å²) in [5, 5.41) is 5.04. The van der Waals surface area contributed by atoms with Crippen molar-refractivity contribution in [3.05, 3.63) is 138 Å². The average Bonchev–Trinajstić information content (AvgIpc) is 3.56. The van der Waals surface area contributed by atoms with Crippen molar-refractivity contribution in [2.45, 2.75) is 77.4 Å². The largest absolute Gasteiger partial charge is 0.438 e. The Balaban J connectivity index is 1.08. The van der Waals surface area contributed by atoms with Crippen LogP contribution in [0.5, 0.6) is 0 Å². The Bertz CT molecular complexity index is 2840. The Morgan fingerprint density at radius 1 is 0.951 bits per heavy atom. The van der Waals surface area contributed by atoms with Crippen molar-refractivity contribution < 1.29 is 23.2 Å². The maximum atomic E-state index is 15.3. The summed E-state index contributed by atoms with van der Waals surface area (Å²) in [6.45, 7) is 9.88. The Hall–Kier alpha value is -6.35. The first-order chi connectivity index (χ1) is 29.4. The molecule has 3 aromatic heterocycles. The Morgan fingerprint density at radius 2 is 1.69 bits per heavy atom. The van der Waals surface area contributed by atoms with Crippen molar-refractivity contribution >= 4 is 28.8 Å². The molecule has 61 heavy (non-hydrogen) atoms. The van der Waals surface area contributed by atoms with Crippen molar-refractivity contribution in [3.63, 3.8) is 0 Å². The zero-order valence-electron chi connectivity index (χ0n) is 34.6. The van der Waals surface area contributed by atoms with Crippen LogP contribution >= 0.6 is 0 Å². The molecule has 14 nitrogen and oxygen atoms in total. The van der Waals surface area contributed by atoms with Gasteiger partial charge in [0.05, 0.1) is 17.4 Å². The van der Waals surface area contributed by atoms with Crippen LogP contribution in [-0.2, 0) is 23.2 Å². The molecule has 0 bridgehead atoms. The van der Waals surface area contributed by atoms with Crippen LogP contribution in [0.2, 0.25) is 0 Å². The number of aromatic nitrogens is 5. The summed E-state index contributed by atoms with van der Waals surface area (Å²) < 4.78 is 29.1. The van der Waals surface area contributed by atoms with E-state index in [2.05, 4.69) is 35.3 Å². The number of urea groups is 1. The molecule has 3 aromatic carbocycles. The molecule has 0 unspecified atom stereocenters. The lowest BCUT2D eigenvalue weighted by atomic mass is 9.91. The van der Waals surface area contributed by atoms with Crippen molar-refractivity contribution in [1.82, 2.24) is 34.1 Å².